The molecule has 5 heteroatoms. The molecule has 3 heterocycles. The number of aryl methyl sites for hydroxylation is 4. The highest BCUT2D eigenvalue weighted by atomic mass is 28.3. The van der Waals surface area contributed by atoms with E-state index in [1.807, 2.05) is 6.07 Å². The van der Waals surface area contributed by atoms with Gasteiger partial charge in [-0.2, -0.15) is 9.13 Å². The molecule has 63 heavy (non-hydrogen) atoms. The van der Waals surface area contributed by atoms with Crippen LogP contribution in [-0.2, 0) is 14.1 Å². The minimum atomic E-state index is -1.76. The van der Waals surface area contributed by atoms with Crippen molar-refractivity contribution in [1.82, 2.24) is 0 Å². The molecule has 10 aromatic rings. The third-order valence-electron chi connectivity index (χ3n) is 13.9. The molecule has 10 rings (SSSR count). The highest BCUT2D eigenvalue weighted by Gasteiger charge is 2.29. The molecular weight excluding hydrogens is 797 g/mol. The van der Waals surface area contributed by atoms with E-state index in [9.17, 15) is 0 Å². The van der Waals surface area contributed by atoms with Gasteiger partial charge in [-0.05, 0) is 82.9 Å². The third-order valence-corrected chi connectivity index (χ3v) is 21.0. The van der Waals surface area contributed by atoms with Crippen molar-refractivity contribution < 1.29 is 13.6 Å². The molecule has 312 valence electrons. The number of furan rings is 1. The lowest BCUT2D eigenvalue weighted by Crippen LogP contribution is -2.52. The molecule has 7 aromatic carbocycles. The molecule has 0 aliphatic heterocycles. The fourth-order valence-corrected chi connectivity index (χ4v) is 14.4. The molecule has 0 unspecified atom stereocenters. The van der Waals surface area contributed by atoms with Crippen LogP contribution >= 0.6 is 0 Å². The molecular formula is C58H58N2OSi2+2. The average molecular weight is 855 g/mol. The second-order valence-corrected chi connectivity index (χ2v) is 27.4. The van der Waals surface area contributed by atoms with Crippen molar-refractivity contribution in [2.45, 2.75) is 53.9 Å². The van der Waals surface area contributed by atoms with Crippen LogP contribution in [0.2, 0.25) is 26.2 Å². The van der Waals surface area contributed by atoms with Gasteiger partial charge in [0.15, 0.2) is 11.4 Å². The molecule has 0 aliphatic rings. The van der Waals surface area contributed by atoms with Gasteiger partial charge in [-0.15, -0.1) is 0 Å². The molecule has 0 aliphatic carbocycles. The Hall–Kier alpha value is -6.41. The van der Waals surface area contributed by atoms with Crippen LogP contribution in [0.1, 0.15) is 22.5 Å². The van der Waals surface area contributed by atoms with Crippen molar-refractivity contribution in [2.75, 3.05) is 0 Å². The number of aromatic nitrogens is 2. The summed E-state index contributed by atoms with van der Waals surface area (Å²) in [6.45, 7) is 18.6. The molecule has 0 amide bonds. The van der Waals surface area contributed by atoms with E-state index >= 15 is 0 Å². The van der Waals surface area contributed by atoms with E-state index in [1.54, 1.807) is 6.26 Å². The molecule has 0 saturated heterocycles. The smallest absolute Gasteiger partial charge is 0.220 e. The first-order chi connectivity index (χ1) is 30.2. The molecule has 0 atom stereocenters. The summed E-state index contributed by atoms with van der Waals surface area (Å²) < 4.78 is 10.4. The summed E-state index contributed by atoms with van der Waals surface area (Å²) in [7, 11) is 0.834. The van der Waals surface area contributed by atoms with Gasteiger partial charge in [-0.25, -0.2) is 0 Å². The fraction of sp³-hybridized carbons (Fsp3) is 0.172. The average Bonchev–Trinajstić information content (AvgIpc) is 3.75. The summed E-state index contributed by atoms with van der Waals surface area (Å²) >= 11 is 0. The number of rotatable bonds is 6. The van der Waals surface area contributed by atoms with Crippen molar-refractivity contribution in [3.8, 4) is 22.5 Å². The van der Waals surface area contributed by atoms with Crippen molar-refractivity contribution in [2.24, 2.45) is 14.1 Å². The zero-order valence-corrected chi connectivity index (χ0v) is 40.5. The summed E-state index contributed by atoms with van der Waals surface area (Å²) in [5.41, 5.74) is 11.1. The Morgan fingerprint density at radius 1 is 0.381 bits per heavy atom. The molecule has 0 fully saturated rings. The van der Waals surface area contributed by atoms with Crippen LogP contribution in [-0.4, -0.2) is 16.1 Å². The zero-order chi connectivity index (χ0) is 44.2. The Balaban J connectivity index is 0.000000160. The highest BCUT2D eigenvalue weighted by Crippen LogP contribution is 2.34. The van der Waals surface area contributed by atoms with Crippen molar-refractivity contribution in [3.63, 3.8) is 0 Å². The summed E-state index contributed by atoms with van der Waals surface area (Å²) in [5.74, 6) is 0. The number of nitrogens with zero attached hydrogens (tertiary/aromatic N) is 2. The summed E-state index contributed by atoms with van der Waals surface area (Å²) in [4.78, 5) is 0. The second-order valence-electron chi connectivity index (χ2n) is 18.6. The maximum absolute atomic E-state index is 5.73. The van der Waals surface area contributed by atoms with E-state index < -0.39 is 16.1 Å². The predicted octanol–water partition coefficient (Wildman–Crippen LogP) is 11.4. The van der Waals surface area contributed by atoms with E-state index in [1.165, 1.54) is 98.1 Å². The monoisotopic (exact) mass is 854 g/mol. The van der Waals surface area contributed by atoms with Crippen LogP contribution in [0, 0.1) is 27.7 Å². The van der Waals surface area contributed by atoms with Crippen LogP contribution in [0.15, 0.2) is 174 Å². The minimum absolute atomic E-state index is 0.935. The largest absolute Gasteiger partial charge is 0.464 e. The van der Waals surface area contributed by atoms with E-state index in [4.69, 9.17) is 4.42 Å². The number of benzene rings is 7. The lowest BCUT2D eigenvalue weighted by atomic mass is 9.95. The van der Waals surface area contributed by atoms with Crippen LogP contribution < -0.4 is 29.9 Å². The van der Waals surface area contributed by atoms with Crippen molar-refractivity contribution in [3.05, 3.63) is 193 Å². The normalized spacial score (nSPS) is 12.0. The predicted molar refractivity (Wildman–Crippen MR) is 274 cm³/mol. The topological polar surface area (TPSA) is 20.9 Å². The first-order valence-electron chi connectivity index (χ1n) is 22.2. The Morgan fingerprint density at radius 3 is 1.30 bits per heavy atom. The number of fused-ring (bicyclic) bond motifs is 4. The first-order valence-corrected chi connectivity index (χ1v) is 28.2. The minimum Gasteiger partial charge on any atom is -0.464 e. The lowest BCUT2D eigenvalue weighted by Gasteiger charge is -2.24. The van der Waals surface area contributed by atoms with Gasteiger partial charge in [0.2, 0.25) is 11.4 Å². The molecule has 0 radical (unpaired) electrons. The van der Waals surface area contributed by atoms with Gasteiger partial charge in [0.1, 0.15) is 35.8 Å². The third kappa shape index (κ3) is 7.64. The Morgan fingerprint density at radius 2 is 0.810 bits per heavy atom. The van der Waals surface area contributed by atoms with Gasteiger partial charge in [-0.1, -0.05) is 162 Å². The molecule has 0 spiro atoms. The van der Waals surface area contributed by atoms with Gasteiger partial charge < -0.3 is 4.42 Å². The molecule has 0 N–H and O–H groups in total. The lowest BCUT2D eigenvalue weighted by molar-refractivity contribution is -0.665. The van der Waals surface area contributed by atoms with Gasteiger partial charge >= 0.3 is 0 Å². The zero-order valence-electron chi connectivity index (χ0n) is 38.5. The number of hydrogen-bond donors (Lipinski definition) is 0. The van der Waals surface area contributed by atoms with Crippen LogP contribution in [0.4, 0.5) is 0 Å². The molecule has 3 aromatic heterocycles. The Bertz CT molecular complexity index is 3350. The van der Waals surface area contributed by atoms with E-state index in [-0.39, 0.29) is 0 Å². The van der Waals surface area contributed by atoms with Gasteiger partial charge in [-0.3, -0.25) is 0 Å². The van der Waals surface area contributed by atoms with Gasteiger partial charge in [0.05, 0.1) is 28.2 Å². The first kappa shape index (κ1) is 41.9. The van der Waals surface area contributed by atoms with Crippen LogP contribution in [0.25, 0.3) is 65.8 Å². The van der Waals surface area contributed by atoms with Crippen molar-refractivity contribution >= 4 is 80.2 Å². The second kappa shape index (κ2) is 16.4. The Kier molecular flexibility index (Phi) is 10.9. The quantitative estimate of drug-likeness (QED) is 0.121. The summed E-state index contributed by atoms with van der Waals surface area (Å²) in [6, 6.07) is 60.7. The van der Waals surface area contributed by atoms with Crippen molar-refractivity contribution in [1.29, 1.82) is 0 Å². The standard InChI is InChI=1S/C30H30NSi.C28H28NOSi/c1-21-17-23-11-9-10-12-24(23)20-29(21)30-28-16-15-27(19-25(28)18-22(2)31(30)3)32(4,5)26-13-7-6-8-14-26;1-19-15-21-13-14-30-27(21)18-26(19)28-25-12-11-24(17-22(25)16-20(2)29(28)3)31(4,5)23-9-7-6-8-10-23/h6-20H,1-5H3;6-18H,1-5H3/q2*+1. The van der Waals surface area contributed by atoms with E-state index in [2.05, 4.69) is 235 Å². The fourth-order valence-electron chi connectivity index (χ4n) is 9.61. The van der Waals surface area contributed by atoms with E-state index in [0.717, 1.165) is 11.0 Å². The highest BCUT2D eigenvalue weighted by molar-refractivity contribution is 7.01. The van der Waals surface area contributed by atoms with Gasteiger partial charge in [0, 0.05) is 31.4 Å². The molecule has 0 saturated carbocycles. The number of pyridine rings is 2. The van der Waals surface area contributed by atoms with E-state index in [0.29, 0.717) is 0 Å². The molecule has 3 nitrogen and oxygen atoms in total. The number of hydrogen-bond acceptors (Lipinski definition) is 1. The maximum atomic E-state index is 5.73. The Labute approximate surface area is 375 Å². The summed E-state index contributed by atoms with van der Waals surface area (Å²) in [6.07, 6.45) is 1.77. The van der Waals surface area contributed by atoms with Crippen LogP contribution in [0.3, 0.4) is 0 Å². The SMILES string of the molecule is Cc1cc2ccccc2cc1-c1c2ccc([Si](C)(C)c3ccccc3)cc2cc(C)[n+]1C.Cc1cc2ccoc2cc1-c1c2ccc([Si](C)(C)c3ccccc3)cc2cc(C)[n+]1C. The maximum Gasteiger partial charge on any atom is 0.220 e. The summed E-state index contributed by atoms with van der Waals surface area (Å²) in [5, 5.41) is 14.9. The van der Waals surface area contributed by atoms with Gasteiger partial charge in [0.25, 0.3) is 0 Å². The van der Waals surface area contributed by atoms with Crippen LogP contribution in [0.5, 0.6) is 0 Å². The molecule has 0 bridgehead atoms.